The van der Waals surface area contributed by atoms with Gasteiger partial charge in [-0.05, 0) is 17.7 Å². The van der Waals surface area contributed by atoms with Crippen LogP contribution in [0.5, 0.6) is 5.75 Å². The Morgan fingerprint density at radius 1 is 1.35 bits per heavy atom. The lowest BCUT2D eigenvalue weighted by Gasteiger charge is -2.06. The zero-order chi connectivity index (χ0) is 14.5. The lowest BCUT2D eigenvalue weighted by molar-refractivity contribution is 0.0601. The summed E-state index contributed by atoms with van der Waals surface area (Å²) in [5, 5.41) is 0. The SMILES string of the molecule is COC(=O)c1cnc(Cc2cccc(OC)c2)nc1N. The molecule has 0 fully saturated rings. The highest BCUT2D eigenvalue weighted by Gasteiger charge is 2.12. The summed E-state index contributed by atoms with van der Waals surface area (Å²) in [6.45, 7) is 0. The number of carbonyl (C=O) groups excluding carboxylic acids is 1. The molecule has 0 radical (unpaired) electrons. The minimum atomic E-state index is -0.546. The molecular weight excluding hydrogens is 258 g/mol. The molecule has 1 heterocycles. The number of methoxy groups -OCH3 is 2. The van der Waals surface area contributed by atoms with Crippen molar-refractivity contribution >= 4 is 11.8 Å². The van der Waals surface area contributed by atoms with Crippen molar-refractivity contribution in [1.82, 2.24) is 9.97 Å². The van der Waals surface area contributed by atoms with E-state index in [0.29, 0.717) is 12.2 Å². The average Bonchev–Trinajstić information content (AvgIpc) is 2.47. The van der Waals surface area contributed by atoms with Crippen LogP contribution in [0.2, 0.25) is 0 Å². The Bertz CT molecular complexity index is 629. The molecule has 1 aromatic carbocycles. The summed E-state index contributed by atoms with van der Waals surface area (Å²) >= 11 is 0. The second kappa shape index (κ2) is 6.01. The van der Waals surface area contributed by atoms with Crippen LogP contribution in [0.1, 0.15) is 21.7 Å². The number of hydrogen-bond acceptors (Lipinski definition) is 6. The Morgan fingerprint density at radius 3 is 2.80 bits per heavy atom. The van der Waals surface area contributed by atoms with E-state index in [0.717, 1.165) is 11.3 Å². The fourth-order valence-electron chi connectivity index (χ4n) is 1.75. The van der Waals surface area contributed by atoms with E-state index in [-0.39, 0.29) is 11.4 Å². The molecule has 0 aliphatic rings. The van der Waals surface area contributed by atoms with Crippen LogP contribution in [0, 0.1) is 0 Å². The lowest BCUT2D eigenvalue weighted by atomic mass is 10.1. The summed E-state index contributed by atoms with van der Waals surface area (Å²) in [5.74, 6) is 0.866. The van der Waals surface area contributed by atoms with Gasteiger partial charge in [-0.2, -0.15) is 0 Å². The first kappa shape index (κ1) is 13.8. The smallest absolute Gasteiger partial charge is 0.343 e. The molecule has 0 amide bonds. The summed E-state index contributed by atoms with van der Waals surface area (Å²) < 4.78 is 9.74. The number of benzene rings is 1. The molecule has 2 rings (SSSR count). The number of esters is 1. The van der Waals surface area contributed by atoms with E-state index in [1.165, 1.54) is 13.3 Å². The predicted molar refractivity (Wildman–Crippen MR) is 73.6 cm³/mol. The third kappa shape index (κ3) is 3.03. The number of rotatable bonds is 4. The van der Waals surface area contributed by atoms with Gasteiger partial charge in [-0.15, -0.1) is 0 Å². The highest BCUT2D eigenvalue weighted by Crippen LogP contribution is 2.16. The molecule has 2 N–H and O–H groups in total. The highest BCUT2D eigenvalue weighted by molar-refractivity contribution is 5.93. The number of ether oxygens (including phenoxy) is 2. The number of aromatic nitrogens is 2. The maximum Gasteiger partial charge on any atom is 0.343 e. The molecule has 0 atom stereocenters. The van der Waals surface area contributed by atoms with Crippen LogP contribution in [0.3, 0.4) is 0 Å². The van der Waals surface area contributed by atoms with Crippen molar-refractivity contribution in [3.8, 4) is 5.75 Å². The molecule has 6 nitrogen and oxygen atoms in total. The van der Waals surface area contributed by atoms with Crippen LogP contribution in [-0.2, 0) is 11.2 Å². The van der Waals surface area contributed by atoms with Gasteiger partial charge in [-0.3, -0.25) is 0 Å². The Hall–Kier alpha value is -2.63. The third-order valence-corrected chi connectivity index (χ3v) is 2.77. The summed E-state index contributed by atoms with van der Waals surface area (Å²) in [5.41, 5.74) is 6.89. The largest absolute Gasteiger partial charge is 0.497 e. The molecule has 20 heavy (non-hydrogen) atoms. The lowest BCUT2D eigenvalue weighted by Crippen LogP contribution is -2.10. The van der Waals surface area contributed by atoms with Crippen molar-refractivity contribution in [2.75, 3.05) is 20.0 Å². The Labute approximate surface area is 116 Å². The number of hydrogen-bond donors (Lipinski definition) is 1. The third-order valence-electron chi connectivity index (χ3n) is 2.77. The minimum Gasteiger partial charge on any atom is -0.497 e. The van der Waals surface area contributed by atoms with Crippen LogP contribution in [0.4, 0.5) is 5.82 Å². The van der Waals surface area contributed by atoms with Gasteiger partial charge < -0.3 is 15.2 Å². The topological polar surface area (TPSA) is 87.3 Å². The summed E-state index contributed by atoms with van der Waals surface area (Å²) in [6, 6.07) is 7.59. The first-order chi connectivity index (χ1) is 9.63. The highest BCUT2D eigenvalue weighted by atomic mass is 16.5. The average molecular weight is 273 g/mol. The molecule has 6 heteroatoms. The summed E-state index contributed by atoms with van der Waals surface area (Å²) in [7, 11) is 2.89. The van der Waals surface area contributed by atoms with Crippen LogP contribution >= 0.6 is 0 Å². The maximum atomic E-state index is 11.4. The van der Waals surface area contributed by atoms with Gasteiger partial charge in [0.2, 0.25) is 0 Å². The maximum absolute atomic E-state index is 11.4. The minimum absolute atomic E-state index is 0.116. The van der Waals surface area contributed by atoms with Gasteiger partial charge >= 0.3 is 5.97 Å². The Kier molecular flexibility index (Phi) is 4.14. The summed E-state index contributed by atoms with van der Waals surface area (Å²) in [6.07, 6.45) is 1.88. The van der Waals surface area contributed by atoms with E-state index in [9.17, 15) is 4.79 Å². The number of nitrogens with zero attached hydrogens (tertiary/aromatic N) is 2. The molecular formula is C14H15N3O3. The number of nitrogen functional groups attached to an aromatic ring is 1. The van der Waals surface area contributed by atoms with Crippen LogP contribution in [0.25, 0.3) is 0 Å². The second-order valence-corrected chi connectivity index (χ2v) is 4.11. The fourth-order valence-corrected chi connectivity index (χ4v) is 1.75. The standard InChI is InChI=1S/C14H15N3O3/c1-19-10-5-3-4-9(6-10)7-12-16-8-11(13(15)17-12)14(18)20-2/h3-6,8H,7H2,1-2H3,(H2,15,16,17). The van der Waals surface area contributed by atoms with Crippen molar-refractivity contribution in [3.63, 3.8) is 0 Å². The Balaban J connectivity index is 2.21. The van der Waals surface area contributed by atoms with E-state index in [1.807, 2.05) is 24.3 Å². The molecule has 0 bridgehead atoms. The fraction of sp³-hybridized carbons (Fsp3) is 0.214. The molecule has 0 aliphatic carbocycles. The van der Waals surface area contributed by atoms with Gasteiger partial charge in [-0.25, -0.2) is 14.8 Å². The molecule has 0 saturated carbocycles. The molecule has 0 saturated heterocycles. The van der Waals surface area contributed by atoms with Crippen LogP contribution in [-0.4, -0.2) is 30.2 Å². The quantitative estimate of drug-likeness (QED) is 0.848. The summed E-state index contributed by atoms with van der Waals surface area (Å²) in [4.78, 5) is 19.6. The second-order valence-electron chi connectivity index (χ2n) is 4.11. The van der Waals surface area contributed by atoms with Crippen LogP contribution < -0.4 is 10.5 Å². The van der Waals surface area contributed by atoms with Gasteiger partial charge in [0.15, 0.2) is 0 Å². The van der Waals surface area contributed by atoms with Crippen molar-refractivity contribution in [3.05, 3.63) is 47.4 Å². The van der Waals surface area contributed by atoms with Gasteiger partial charge in [0.25, 0.3) is 0 Å². The molecule has 0 unspecified atom stereocenters. The molecule has 104 valence electrons. The first-order valence-electron chi connectivity index (χ1n) is 5.96. The van der Waals surface area contributed by atoms with E-state index < -0.39 is 5.97 Å². The van der Waals surface area contributed by atoms with Crippen molar-refractivity contribution in [1.29, 1.82) is 0 Å². The van der Waals surface area contributed by atoms with E-state index in [4.69, 9.17) is 10.5 Å². The zero-order valence-electron chi connectivity index (χ0n) is 11.3. The molecule has 0 aliphatic heterocycles. The van der Waals surface area contributed by atoms with Crippen molar-refractivity contribution in [2.24, 2.45) is 0 Å². The first-order valence-corrected chi connectivity index (χ1v) is 5.96. The van der Waals surface area contributed by atoms with Gasteiger partial charge in [0, 0.05) is 12.6 Å². The zero-order valence-corrected chi connectivity index (χ0v) is 11.3. The monoisotopic (exact) mass is 273 g/mol. The normalized spacial score (nSPS) is 10.1. The molecule has 0 spiro atoms. The van der Waals surface area contributed by atoms with Crippen LogP contribution in [0.15, 0.2) is 30.5 Å². The predicted octanol–water partition coefficient (Wildman–Crippen LogP) is 1.44. The van der Waals surface area contributed by atoms with E-state index >= 15 is 0 Å². The van der Waals surface area contributed by atoms with Gasteiger partial charge in [0.05, 0.1) is 14.2 Å². The number of anilines is 1. The molecule has 1 aromatic heterocycles. The van der Waals surface area contributed by atoms with Gasteiger partial charge in [-0.1, -0.05) is 12.1 Å². The number of nitrogens with two attached hydrogens (primary N) is 1. The Morgan fingerprint density at radius 2 is 2.15 bits per heavy atom. The molecule has 2 aromatic rings. The van der Waals surface area contributed by atoms with Crippen molar-refractivity contribution in [2.45, 2.75) is 6.42 Å². The van der Waals surface area contributed by atoms with E-state index in [2.05, 4.69) is 14.7 Å². The van der Waals surface area contributed by atoms with E-state index in [1.54, 1.807) is 7.11 Å². The van der Waals surface area contributed by atoms with Crippen molar-refractivity contribution < 1.29 is 14.3 Å². The number of carbonyl (C=O) groups is 1. The van der Waals surface area contributed by atoms with Gasteiger partial charge in [0.1, 0.15) is 23.0 Å².